The van der Waals surface area contributed by atoms with Gasteiger partial charge >= 0.3 is 5.97 Å². The van der Waals surface area contributed by atoms with E-state index in [-0.39, 0.29) is 36.5 Å². The van der Waals surface area contributed by atoms with Crippen LogP contribution in [-0.4, -0.2) is 48.9 Å². The molecule has 1 N–H and O–H groups in total. The van der Waals surface area contributed by atoms with E-state index in [1.807, 2.05) is 0 Å². The predicted molar refractivity (Wildman–Crippen MR) is 77.0 cm³/mol. The van der Waals surface area contributed by atoms with Crippen LogP contribution >= 0.6 is 0 Å². The molecule has 1 saturated heterocycles. The summed E-state index contributed by atoms with van der Waals surface area (Å²) >= 11 is 0. The van der Waals surface area contributed by atoms with E-state index < -0.39 is 6.04 Å². The highest BCUT2D eigenvalue weighted by molar-refractivity contribution is 5.91. The molecule has 1 unspecified atom stereocenters. The molecule has 0 radical (unpaired) electrons. The minimum absolute atomic E-state index is 0.139. The molecule has 22 heavy (non-hydrogen) atoms. The fourth-order valence-electron chi connectivity index (χ4n) is 2.53. The smallest absolute Gasteiger partial charge is 0.328 e. The maximum absolute atomic E-state index is 12.2. The first-order chi connectivity index (χ1) is 10.6. The number of furan rings is 1. The molecule has 0 aromatic carbocycles. The maximum Gasteiger partial charge on any atom is 0.328 e. The number of ether oxygens (including phenoxy) is 1. The van der Waals surface area contributed by atoms with Gasteiger partial charge in [-0.25, -0.2) is 4.79 Å². The van der Waals surface area contributed by atoms with Gasteiger partial charge in [0.05, 0.1) is 13.4 Å². The third-order valence-electron chi connectivity index (χ3n) is 3.67. The van der Waals surface area contributed by atoms with Crippen LogP contribution in [0.25, 0.3) is 0 Å². The predicted octanol–water partition coefficient (Wildman–Crippen LogP) is 0.954. The highest BCUT2D eigenvalue weighted by atomic mass is 16.5. The molecule has 7 nitrogen and oxygen atoms in total. The fourth-order valence-corrected chi connectivity index (χ4v) is 2.53. The first-order valence-corrected chi connectivity index (χ1v) is 7.32. The molecule has 1 atom stereocenters. The summed E-state index contributed by atoms with van der Waals surface area (Å²) in [5.74, 6) is -0.693. The Morgan fingerprint density at radius 3 is 2.91 bits per heavy atom. The molecule has 0 bridgehead atoms. The Morgan fingerprint density at radius 2 is 2.23 bits per heavy atom. The van der Waals surface area contributed by atoms with Crippen LogP contribution in [0.5, 0.6) is 0 Å². The van der Waals surface area contributed by atoms with Crippen molar-refractivity contribution in [2.24, 2.45) is 0 Å². The second-order valence-electron chi connectivity index (χ2n) is 5.11. The number of rotatable bonds is 5. The molecular weight excluding hydrogens is 288 g/mol. The molecule has 2 rings (SSSR count). The molecule has 1 fully saturated rings. The third-order valence-corrected chi connectivity index (χ3v) is 3.67. The quantitative estimate of drug-likeness (QED) is 0.818. The summed E-state index contributed by atoms with van der Waals surface area (Å²) in [7, 11) is 1.32. The number of hydrogen-bond donors (Lipinski definition) is 1. The lowest BCUT2D eigenvalue weighted by atomic mass is 10.0. The first-order valence-electron chi connectivity index (χ1n) is 7.32. The summed E-state index contributed by atoms with van der Waals surface area (Å²) in [5.41, 5.74) is 0. The summed E-state index contributed by atoms with van der Waals surface area (Å²) in [6, 6.07) is 2.66. The van der Waals surface area contributed by atoms with E-state index in [2.05, 4.69) is 5.32 Å². The topological polar surface area (TPSA) is 88.9 Å². The molecule has 1 aromatic rings. The largest absolute Gasteiger partial charge is 0.467 e. The van der Waals surface area contributed by atoms with Gasteiger partial charge in [0.25, 0.3) is 5.91 Å². The van der Waals surface area contributed by atoms with Crippen molar-refractivity contribution in [1.82, 2.24) is 10.2 Å². The molecule has 120 valence electrons. The Labute approximate surface area is 128 Å². The fraction of sp³-hybridized carbons (Fsp3) is 0.533. The normalized spacial score (nSPS) is 17.9. The SMILES string of the molecule is COC(=O)C1CCCCN1C(=O)CCNC(=O)c1ccco1. The van der Waals surface area contributed by atoms with Crippen molar-refractivity contribution < 1.29 is 23.5 Å². The maximum atomic E-state index is 12.2. The van der Waals surface area contributed by atoms with Crippen LogP contribution in [-0.2, 0) is 14.3 Å². The molecule has 0 saturated carbocycles. The Bertz CT molecular complexity index is 526. The number of carbonyl (C=O) groups excluding carboxylic acids is 3. The number of methoxy groups -OCH3 is 1. The number of amides is 2. The monoisotopic (exact) mass is 308 g/mol. The van der Waals surface area contributed by atoms with Gasteiger partial charge in [-0.1, -0.05) is 0 Å². The van der Waals surface area contributed by atoms with Crippen LogP contribution in [0.3, 0.4) is 0 Å². The van der Waals surface area contributed by atoms with Gasteiger partial charge in [-0.15, -0.1) is 0 Å². The minimum atomic E-state index is -0.507. The summed E-state index contributed by atoms with van der Waals surface area (Å²) in [6.07, 6.45) is 3.95. The summed E-state index contributed by atoms with van der Waals surface area (Å²) in [5, 5.41) is 2.62. The Morgan fingerprint density at radius 1 is 1.41 bits per heavy atom. The number of hydrogen-bond acceptors (Lipinski definition) is 5. The van der Waals surface area contributed by atoms with Gasteiger partial charge in [0, 0.05) is 19.5 Å². The van der Waals surface area contributed by atoms with Crippen molar-refractivity contribution in [2.75, 3.05) is 20.2 Å². The second kappa shape index (κ2) is 7.63. The lowest BCUT2D eigenvalue weighted by molar-refractivity contribution is -0.154. The van der Waals surface area contributed by atoms with Crippen molar-refractivity contribution in [3.8, 4) is 0 Å². The van der Waals surface area contributed by atoms with Gasteiger partial charge in [-0.3, -0.25) is 9.59 Å². The number of likely N-dealkylation sites (tertiary alicyclic amines) is 1. The minimum Gasteiger partial charge on any atom is -0.467 e. The van der Waals surface area contributed by atoms with Crippen molar-refractivity contribution in [2.45, 2.75) is 31.7 Å². The van der Waals surface area contributed by atoms with Crippen molar-refractivity contribution >= 4 is 17.8 Å². The summed E-state index contributed by atoms with van der Waals surface area (Å²) < 4.78 is 9.71. The zero-order valence-electron chi connectivity index (χ0n) is 12.5. The third kappa shape index (κ3) is 3.87. The molecule has 1 aromatic heterocycles. The van der Waals surface area contributed by atoms with Crippen molar-refractivity contribution in [3.05, 3.63) is 24.2 Å². The molecule has 7 heteroatoms. The van der Waals surface area contributed by atoms with Gasteiger partial charge in [0.1, 0.15) is 6.04 Å². The van der Waals surface area contributed by atoms with E-state index >= 15 is 0 Å². The molecule has 0 aliphatic carbocycles. The van der Waals surface area contributed by atoms with E-state index in [9.17, 15) is 14.4 Å². The van der Waals surface area contributed by atoms with E-state index in [1.165, 1.54) is 13.4 Å². The van der Waals surface area contributed by atoms with Crippen molar-refractivity contribution in [1.29, 1.82) is 0 Å². The summed E-state index contributed by atoms with van der Waals surface area (Å²) in [4.78, 5) is 37.2. The van der Waals surface area contributed by atoms with Gasteiger partial charge in [-0.2, -0.15) is 0 Å². The van der Waals surface area contributed by atoms with Gasteiger partial charge in [-0.05, 0) is 31.4 Å². The molecular formula is C15H20N2O5. The molecule has 0 spiro atoms. The van der Waals surface area contributed by atoms with Gasteiger partial charge < -0.3 is 19.4 Å². The van der Waals surface area contributed by atoms with Gasteiger partial charge in [0.2, 0.25) is 5.91 Å². The number of esters is 1. The highest BCUT2D eigenvalue weighted by Gasteiger charge is 2.32. The summed E-state index contributed by atoms with van der Waals surface area (Å²) in [6.45, 7) is 0.744. The second-order valence-corrected chi connectivity index (χ2v) is 5.11. The Kier molecular flexibility index (Phi) is 5.57. The lowest BCUT2D eigenvalue weighted by Crippen LogP contribution is -2.49. The molecule has 2 amide bonds. The molecule has 1 aliphatic heterocycles. The van der Waals surface area contributed by atoms with Crippen LogP contribution in [0.4, 0.5) is 0 Å². The zero-order valence-corrected chi connectivity index (χ0v) is 12.5. The van der Waals surface area contributed by atoms with E-state index in [1.54, 1.807) is 17.0 Å². The molecule has 1 aliphatic rings. The number of nitrogens with one attached hydrogen (secondary N) is 1. The van der Waals surface area contributed by atoms with E-state index in [4.69, 9.17) is 9.15 Å². The molecule has 2 heterocycles. The van der Waals surface area contributed by atoms with Crippen LogP contribution in [0.15, 0.2) is 22.8 Å². The first kappa shape index (κ1) is 16.1. The van der Waals surface area contributed by atoms with Crippen LogP contribution in [0.2, 0.25) is 0 Å². The van der Waals surface area contributed by atoms with Crippen LogP contribution in [0, 0.1) is 0 Å². The average molecular weight is 308 g/mol. The van der Waals surface area contributed by atoms with E-state index in [0.717, 1.165) is 12.8 Å². The standard InChI is InChI=1S/C15H20N2O5/c1-21-15(20)11-5-2-3-9-17(11)13(18)7-8-16-14(19)12-6-4-10-22-12/h4,6,10-11H,2-3,5,7-9H2,1H3,(H,16,19). The van der Waals surface area contributed by atoms with Crippen LogP contribution in [0.1, 0.15) is 36.2 Å². The van der Waals surface area contributed by atoms with Crippen LogP contribution < -0.4 is 5.32 Å². The highest BCUT2D eigenvalue weighted by Crippen LogP contribution is 2.18. The van der Waals surface area contributed by atoms with E-state index in [0.29, 0.717) is 13.0 Å². The Hall–Kier alpha value is -2.31. The zero-order chi connectivity index (χ0) is 15.9. The number of piperidine rings is 1. The Balaban J connectivity index is 1.82. The van der Waals surface area contributed by atoms with Gasteiger partial charge in [0.15, 0.2) is 5.76 Å². The average Bonchev–Trinajstić information content (AvgIpc) is 3.08. The number of carbonyl (C=O) groups is 3. The number of nitrogens with zero attached hydrogens (tertiary/aromatic N) is 1. The lowest BCUT2D eigenvalue weighted by Gasteiger charge is -2.33. The van der Waals surface area contributed by atoms with Crippen molar-refractivity contribution in [3.63, 3.8) is 0 Å².